The van der Waals surface area contributed by atoms with Gasteiger partial charge < -0.3 is 10.1 Å². The van der Waals surface area contributed by atoms with Crippen molar-refractivity contribution in [2.75, 3.05) is 0 Å². The molecule has 0 unspecified atom stereocenters. The van der Waals surface area contributed by atoms with E-state index in [4.69, 9.17) is 63.1 Å². The molecule has 0 amide bonds. The monoisotopic (exact) mass is 385 g/mol. The van der Waals surface area contributed by atoms with Gasteiger partial charge in [0.1, 0.15) is 0 Å². The molecule has 0 aliphatic carbocycles. The normalized spacial score (nSPS) is 10.7. The molecule has 0 fully saturated rings. The van der Waals surface area contributed by atoms with Crippen LogP contribution >= 0.6 is 58.0 Å². The minimum atomic E-state index is -1.23. The molecule has 1 heterocycles. The molecule has 0 aliphatic heterocycles. The van der Waals surface area contributed by atoms with Crippen LogP contribution in [-0.2, 0) is 0 Å². The first-order valence-electron chi connectivity index (χ1n) is 5.23. The molecule has 0 spiro atoms. The highest BCUT2D eigenvalue weighted by molar-refractivity contribution is 6.56. The van der Waals surface area contributed by atoms with Gasteiger partial charge in [-0.25, -0.2) is 4.79 Å². The predicted octanol–water partition coefficient (Wildman–Crippen LogP) is 5.01. The summed E-state index contributed by atoms with van der Waals surface area (Å²) in [5.41, 5.74) is -0.815. The third-order valence-electron chi connectivity index (χ3n) is 2.63. The fourth-order valence-corrected chi connectivity index (χ4v) is 2.98. The van der Waals surface area contributed by atoms with Crippen LogP contribution in [0.25, 0.3) is 11.1 Å². The zero-order valence-electron chi connectivity index (χ0n) is 9.81. The van der Waals surface area contributed by atoms with Crippen molar-refractivity contribution in [1.29, 1.82) is 0 Å². The number of hydrogen-bond donors (Lipinski definition) is 2. The van der Waals surface area contributed by atoms with Crippen LogP contribution in [0.4, 0.5) is 0 Å². The number of aromatic amines is 1. The van der Waals surface area contributed by atoms with Gasteiger partial charge in [0.2, 0.25) is 0 Å². The van der Waals surface area contributed by atoms with Crippen LogP contribution in [0.3, 0.4) is 0 Å². The zero-order valence-corrected chi connectivity index (χ0v) is 13.6. The fraction of sp³-hybridized carbons (Fsp3) is 0. The van der Waals surface area contributed by atoms with Crippen LogP contribution < -0.4 is 5.56 Å². The highest BCUT2D eigenvalue weighted by Gasteiger charge is 2.22. The summed E-state index contributed by atoms with van der Waals surface area (Å²) in [7, 11) is 0. The van der Waals surface area contributed by atoms with Gasteiger partial charge in [0.15, 0.2) is 0 Å². The van der Waals surface area contributed by atoms with E-state index >= 15 is 0 Å². The molecule has 21 heavy (non-hydrogen) atoms. The van der Waals surface area contributed by atoms with E-state index in [-0.39, 0.29) is 41.8 Å². The van der Waals surface area contributed by atoms with Crippen LogP contribution in [0.2, 0.25) is 25.1 Å². The second kappa shape index (κ2) is 6.07. The second-order valence-corrected chi connectivity index (χ2v) is 5.77. The lowest BCUT2D eigenvalue weighted by atomic mass is 10.1. The topological polar surface area (TPSA) is 70.2 Å². The lowest BCUT2D eigenvalue weighted by Gasteiger charge is -2.12. The van der Waals surface area contributed by atoms with E-state index in [9.17, 15) is 9.59 Å². The molecule has 110 valence electrons. The summed E-state index contributed by atoms with van der Waals surface area (Å²) < 4.78 is 0. The van der Waals surface area contributed by atoms with Crippen LogP contribution in [0.5, 0.6) is 0 Å². The van der Waals surface area contributed by atoms with Gasteiger partial charge in [0, 0.05) is 11.8 Å². The molecule has 0 bridgehead atoms. The van der Waals surface area contributed by atoms with Gasteiger partial charge in [0.05, 0.1) is 36.2 Å². The van der Waals surface area contributed by atoms with Gasteiger partial charge in [-0.1, -0.05) is 58.0 Å². The Kier molecular flexibility index (Phi) is 4.76. The average molecular weight is 387 g/mol. The van der Waals surface area contributed by atoms with Crippen LogP contribution in [0, 0.1) is 0 Å². The Morgan fingerprint density at radius 1 is 0.952 bits per heavy atom. The largest absolute Gasteiger partial charge is 0.478 e. The molecule has 0 atom stereocenters. The summed E-state index contributed by atoms with van der Waals surface area (Å²) >= 11 is 29.8. The third-order valence-corrected chi connectivity index (χ3v) is 4.91. The van der Waals surface area contributed by atoms with Gasteiger partial charge in [0.25, 0.3) is 5.56 Å². The van der Waals surface area contributed by atoms with E-state index in [0.29, 0.717) is 0 Å². The maximum absolute atomic E-state index is 11.9. The van der Waals surface area contributed by atoms with E-state index in [1.165, 1.54) is 0 Å². The molecule has 0 radical (unpaired) electrons. The van der Waals surface area contributed by atoms with Crippen LogP contribution in [0.15, 0.2) is 17.1 Å². The molecule has 4 nitrogen and oxygen atoms in total. The maximum atomic E-state index is 11.9. The molecule has 2 aromatic rings. The third kappa shape index (κ3) is 2.87. The molecular weight excluding hydrogens is 383 g/mol. The number of carboxylic acids is 1. The Morgan fingerprint density at radius 3 is 1.90 bits per heavy atom. The summed E-state index contributed by atoms with van der Waals surface area (Å²) in [6.07, 6.45) is 1.05. The molecule has 0 saturated carbocycles. The minimum absolute atomic E-state index is 0.0158. The van der Waals surface area contributed by atoms with E-state index in [1.807, 2.05) is 0 Å². The quantitative estimate of drug-likeness (QED) is 0.562. The first kappa shape index (κ1) is 16.5. The SMILES string of the molecule is O=C(O)c1c[nH]c(=O)c(-c2c(Cl)c(Cl)c(Cl)c(Cl)c2Cl)c1. The van der Waals surface area contributed by atoms with Gasteiger partial charge in [-0.2, -0.15) is 0 Å². The van der Waals surface area contributed by atoms with E-state index in [1.54, 1.807) is 0 Å². The van der Waals surface area contributed by atoms with Gasteiger partial charge in [-0.15, -0.1) is 0 Å². The number of aromatic carboxylic acids is 1. The summed E-state index contributed by atoms with van der Waals surface area (Å²) in [5, 5.41) is 8.58. The summed E-state index contributed by atoms with van der Waals surface area (Å²) in [6.45, 7) is 0. The Balaban J connectivity index is 2.88. The number of carboxylic acid groups (broad SMARTS) is 1. The summed E-state index contributed by atoms with van der Waals surface area (Å²) in [6, 6.07) is 1.12. The molecule has 1 aromatic heterocycles. The number of nitrogens with one attached hydrogen (secondary N) is 1. The first-order valence-corrected chi connectivity index (χ1v) is 7.12. The van der Waals surface area contributed by atoms with Crippen molar-refractivity contribution in [3.63, 3.8) is 0 Å². The molecule has 0 aliphatic rings. The number of aromatic nitrogens is 1. The highest BCUT2D eigenvalue weighted by atomic mass is 35.5. The van der Waals surface area contributed by atoms with Gasteiger partial charge in [-0.3, -0.25) is 4.79 Å². The summed E-state index contributed by atoms with van der Waals surface area (Å²) in [4.78, 5) is 25.2. The number of pyridine rings is 1. The number of rotatable bonds is 2. The van der Waals surface area contributed by atoms with Crippen molar-refractivity contribution in [1.82, 2.24) is 4.98 Å². The van der Waals surface area contributed by atoms with Crippen molar-refractivity contribution in [3.8, 4) is 11.1 Å². The smallest absolute Gasteiger partial charge is 0.337 e. The highest BCUT2D eigenvalue weighted by Crippen LogP contribution is 2.47. The van der Waals surface area contributed by atoms with Gasteiger partial charge >= 0.3 is 5.97 Å². The van der Waals surface area contributed by atoms with E-state index < -0.39 is 11.5 Å². The molecule has 0 saturated heterocycles. The number of halogens is 5. The first-order chi connectivity index (χ1) is 9.75. The molecule has 9 heteroatoms. The molecule has 2 N–H and O–H groups in total. The van der Waals surface area contributed by atoms with Crippen molar-refractivity contribution in [3.05, 3.63) is 53.3 Å². The lowest BCUT2D eigenvalue weighted by molar-refractivity contribution is 0.0696. The molecular formula is C12H4Cl5NO3. The van der Waals surface area contributed by atoms with Crippen LogP contribution in [-0.4, -0.2) is 16.1 Å². The number of H-pyrrole nitrogens is 1. The van der Waals surface area contributed by atoms with Crippen LogP contribution in [0.1, 0.15) is 10.4 Å². The Hall–Kier alpha value is -0.910. The minimum Gasteiger partial charge on any atom is -0.478 e. The molecule has 1 aromatic carbocycles. The second-order valence-electron chi connectivity index (χ2n) is 3.88. The van der Waals surface area contributed by atoms with Crippen molar-refractivity contribution < 1.29 is 9.90 Å². The van der Waals surface area contributed by atoms with E-state index in [2.05, 4.69) is 4.98 Å². The fourth-order valence-electron chi connectivity index (χ4n) is 1.63. The Morgan fingerprint density at radius 2 is 1.43 bits per heavy atom. The van der Waals surface area contributed by atoms with Crippen molar-refractivity contribution >= 4 is 64.0 Å². The predicted molar refractivity (Wildman–Crippen MR) is 84.5 cm³/mol. The maximum Gasteiger partial charge on any atom is 0.337 e. The number of hydrogen-bond acceptors (Lipinski definition) is 2. The Labute approximate surface area is 143 Å². The lowest BCUT2D eigenvalue weighted by Crippen LogP contribution is -2.12. The van der Waals surface area contributed by atoms with E-state index in [0.717, 1.165) is 12.3 Å². The standard InChI is InChI=1S/C12H4Cl5NO3/c13-6-5(7(14)9(16)10(17)8(6)15)4-1-3(12(20)21)2-18-11(4)19/h1-2H,(H,18,19)(H,20,21). The number of benzene rings is 1. The average Bonchev–Trinajstić information content (AvgIpc) is 2.45. The number of carbonyl (C=O) groups is 1. The molecule has 2 rings (SSSR count). The Bertz CT molecular complexity index is 786. The van der Waals surface area contributed by atoms with Crippen molar-refractivity contribution in [2.45, 2.75) is 0 Å². The summed E-state index contributed by atoms with van der Waals surface area (Å²) in [5.74, 6) is -1.23. The zero-order chi connectivity index (χ0) is 15.9. The van der Waals surface area contributed by atoms with Gasteiger partial charge in [-0.05, 0) is 6.07 Å². The van der Waals surface area contributed by atoms with Crippen molar-refractivity contribution in [2.24, 2.45) is 0 Å².